The lowest BCUT2D eigenvalue weighted by Crippen LogP contribution is -2.41. The molecule has 1 spiro atoms. The summed E-state index contributed by atoms with van der Waals surface area (Å²) in [5, 5.41) is 0. The summed E-state index contributed by atoms with van der Waals surface area (Å²) in [6.45, 7) is 6.48. The highest BCUT2D eigenvalue weighted by atomic mass is 79.9. The Morgan fingerprint density at radius 3 is 2.64 bits per heavy atom. The second-order valence-electron chi connectivity index (χ2n) is 7.12. The summed E-state index contributed by atoms with van der Waals surface area (Å²) in [4.78, 5) is 14.5. The Labute approximate surface area is 144 Å². The van der Waals surface area contributed by atoms with E-state index in [0.29, 0.717) is 0 Å². The van der Waals surface area contributed by atoms with Gasteiger partial charge in [0.25, 0.3) is 0 Å². The van der Waals surface area contributed by atoms with Gasteiger partial charge >= 0.3 is 6.09 Å². The smallest absolute Gasteiger partial charge is 0.414 e. The third-order valence-corrected chi connectivity index (χ3v) is 5.83. The molecule has 0 bridgehead atoms. The molecule has 0 unspecified atom stereocenters. The van der Waals surface area contributed by atoms with Crippen molar-refractivity contribution in [1.82, 2.24) is 0 Å². The standard InChI is InChI=1S/C17H22BrNO2S/c1-16(2,3)21-15(20)19-11-17(6-8-22-9-7-17)13-5-4-12(18)10-14(13)19/h4-5,10H,6-9,11H2,1-3H3. The van der Waals surface area contributed by atoms with Crippen LogP contribution in [0.4, 0.5) is 10.5 Å². The van der Waals surface area contributed by atoms with Crippen molar-refractivity contribution < 1.29 is 9.53 Å². The summed E-state index contributed by atoms with van der Waals surface area (Å²) in [7, 11) is 0. The summed E-state index contributed by atoms with van der Waals surface area (Å²) in [6, 6.07) is 6.32. The average Bonchev–Trinajstić information content (AvgIpc) is 2.72. The molecule has 0 saturated carbocycles. The van der Waals surface area contributed by atoms with Gasteiger partial charge in [0.1, 0.15) is 5.60 Å². The van der Waals surface area contributed by atoms with Crippen molar-refractivity contribution in [3.05, 3.63) is 28.2 Å². The zero-order valence-corrected chi connectivity index (χ0v) is 15.7. The van der Waals surface area contributed by atoms with Gasteiger partial charge in [0.2, 0.25) is 0 Å². The molecule has 120 valence electrons. The number of carbonyl (C=O) groups is 1. The fourth-order valence-corrected chi connectivity index (χ4v) is 4.94. The molecule has 1 fully saturated rings. The molecule has 5 heteroatoms. The first-order valence-electron chi connectivity index (χ1n) is 7.69. The number of amides is 1. The maximum atomic E-state index is 12.6. The van der Waals surface area contributed by atoms with Crippen LogP contribution in [0.5, 0.6) is 0 Å². The highest BCUT2D eigenvalue weighted by Crippen LogP contribution is 2.49. The normalized spacial score (nSPS) is 20.1. The molecule has 0 atom stereocenters. The second-order valence-corrected chi connectivity index (χ2v) is 9.26. The molecule has 1 aromatic carbocycles. The van der Waals surface area contributed by atoms with Crippen molar-refractivity contribution in [3.8, 4) is 0 Å². The minimum atomic E-state index is -0.471. The van der Waals surface area contributed by atoms with Crippen molar-refractivity contribution in [3.63, 3.8) is 0 Å². The van der Waals surface area contributed by atoms with Gasteiger partial charge in [-0.15, -0.1) is 0 Å². The number of fused-ring (bicyclic) bond motifs is 2. The number of benzene rings is 1. The van der Waals surface area contributed by atoms with Crippen LogP contribution in [0.3, 0.4) is 0 Å². The van der Waals surface area contributed by atoms with Crippen LogP contribution in [0, 0.1) is 0 Å². The number of hydrogen-bond acceptors (Lipinski definition) is 3. The number of nitrogens with zero attached hydrogens (tertiary/aromatic N) is 1. The Hall–Kier alpha value is -0.680. The highest BCUT2D eigenvalue weighted by molar-refractivity contribution is 9.10. The molecule has 3 nitrogen and oxygen atoms in total. The number of halogens is 1. The highest BCUT2D eigenvalue weighted by Gasteiger charge is 2.46. The van der Waals surface area contributed by atoms with Gasteiger partial charge < -0.3 is 4.74 Å². The third-order valence-electron chi connectivity index (χ3n) is 4.35. The second kappa shape index (κ2) is 5.75. The lowest BCUT2D eigenvalue weighted by Gasteiger charge is -2.34. The molecular weight excluding hydrogens is 362 g/mol. The van der Waals surface area contributed by atoms with Crippen molar-refractivity contribution in [2.24, 2.45) is 0 Å². The van der Waals surface area contributed by atoms with Gasteiger partial charge in [-0.25, -0.2) is 4.79 Å². The summed E-state index contributed by atoms with van der Waals surface area (Å²) in [5.74, 6) is 2.33. The van der Waals surface area contributed by atoms with Crippen LogP contribution in [-0.4, -0.2) is 29.7 Å². The monoisotopic (exact) mass is 383 g/mol. The minimum absolute atomic E-state index is 0.109. The minimum Gasteiger partial charge on any atom is -0.443 e. The van der Waals surface area contributed by atoms with Gasteiger partial charge in [0.15, 0.2) is 0 Å². The Morgan fingerprint density at radius 1 is 1.32 bits per heavy atom. The summed E-state index contributed by atoms with van der Waals surface area (Å²) in [6.07, 6.45) is 2.03. The van der Waals surface area contributed by atoms with E-state index >= 15 is 0 Å². The number of anilines is 1. The summed E-state index contributed by atoms with van der Waals surface area (Å²) >= 11 is 5.54. The van der Waals surface area contributed by atoms with Crippen LogP contribution < -0.4 is 4.90 Å². The number of ether oxygens (including phenoxy) is 1. The fraction of sp³-hybridized carbons (Fsp3) is 0.588. The number of thioether (sulfide) groups is 1. The maximum absolute atomic E-state index is 12.6. The quantitative estimate of drug-likeness (QED) is 0.633. The Morgan fingerprint density at radius 2 is 2.00 bits per heavy atom. The van der Waals surface area contributed by atoms with Crippen molar-refractivity contribution in [1.29, 1.82) is 0 Å². The fourth-order valence-electron chi connectivity index (χ4n) is 3.32. The van der Waals surface area contributed by atoms with Gasteiger partial charge in [0.05, 0.1) is 5.69 Å². The van der Waals surface area contributed by atoms with E-state index in [1.165, 1.54) is 5.56 Å². The molecule has 2 aliphatic rings. The van der Waals surface area contributed by atoms with Crippen LogP contribution >= 0.6 is 27.7 Å². The molecule has 3 rings (SSSR count). The van der Waals surface area contributed by atoms with E-state index in [9.17, 15) is 4.79 Å². The first kappa shape index (κ1) is 16.2. The van der Waals surface area contributed by atoms with Crippen LogP contribution in [0.1, 0.15) is 39.2 Å². The molecule has 2 aliphatic heterocycles. The molecule has 0 radical (unpaired) electrons. The Balaban J connectivity index is 1.97. The Bertz CT molecular complexity index is 591. The van der Waals surface area contributed by atoms with E-state index in [1.54, 1.807) is 0 Å². The van der Waals surface area contributed by atoms with Gasteiger partial charge in [-0.2, -0.15) is 11.8 Å². The predicted octanol–water partition coefficient (Wildman–Crippen LogP) is 4.97. The lowest BCUT2D eigenvalue weighted by atomic mass is 9.77. The first-order chi connectivity index (χ1) is 10.3. The summed E-state index contributed by atoms with van der Waals surface area (Å²) < 4.78 is 6.62. The van der Waals surface area contributed by atoms with Crippen molar-refractivity contribution in [2.75, 3.05) is 23.0 Å². The summed E-state index contributed by atoms with van der Waals surface area (Å²) in [5.41, 5.74) is 1.96. The molecule has 1 saturated heterocycles. The first-order valence-corrected chi connectivity index (χ1v) is 9.64. The molecule has 2 heterocycles. The molecule has 1 aromatic rings. The van der Waals surface area contributed by atoms with E-state index in [2.05, 4.69) is 34.1 Å². The van der Waals surface area contributed by atoms with Gasteiger partial charge in [-0.3, -0.25) is 4.90 Å². The van der Waals surface area contributed by atoms with Gasteiger partial charge in [-0.1, -0.05) is 22.0 Å². The van der Waals surface area contributed by atoms with Crippen LogP contribution in [0.25, 0.3) is 0 Å². The van der Waals surface area contributed by atoms with Gasteiger partial charge in [0, 0.05) is 16.4 Å². The number of rotatable bonds is 0. The Kier molecular flexibility index (Phi) is 4.23. The van der Waals surface area contributed by atoms with E-state index in [-0.39, 0.29) is 11.5 Å². The SMILES string of the molecule is CC(C)(C)OC(=O)N1CC2(CCSCC2)c2ccc(Br)cc21. The third kappa shape index (κ3) is 3.02. The molecule has 0 N–H and O–H groups in total. The molecule has 0 aromatic heterocycles. The van der Waals surface area contributed by atoms with Crippen LogP contribution in [-0.2, 0) is 10.2 Å². The van der Waals surface area contributed by atoms with Crippen LogP contribution in [0.2, 0.25) is 0 Å². The average molecular weight is 384 g/mol. The topological polar surface area (TPSA) is 29.5 Å². The van der Waals surface area contributed by atoms with Gasteiger partial charge in [-0.05, 0) is 62.8 Å². The van der Waals surface area contributed by atoms with E-state index in [0.717, 1.165) is 41.1 Å². The maximum Gasteiger partial charge on any atom is 0.414 e. The molecule has 1 amide bonds. The molecule has 22 heavy (non-hydrogen) atoms. The predicted molar refractivity (Wildman–Crippen MR) is 96.0 cm³/mol. The van der Waals surface area contributed by atoms with E-state index < -0.39 is 5.60 Å². The lowest BCUT2D eigenvalue weighted by molar-refractivity contribution is 0.0577. The van der Waals surface area contributed by atoms with E-state index in [4.69, 9.17) is 4.74 Å². The van der Waals surface area contributed by atoms with Crippen molar-refractivity contribution in [2.45, 2.75) is 44.6 Å². The molecular formula is C17H22BrNO2S. The zero-order chi connectivity index (χ0) is 16.0. The van der Waals surface area contributed by atoms with Crippen molar-refractivity contribution >= 4 is 39.5 Å². The number of hydrogen-bond donors (Lipinski definition) is 0. The molecule has 0 aliphatic carbocycles. The number of carbonyl (C=O) groups excluding carboxylic acids is 1. The van der Waals surface area contributed by atoms with E-state index in [1.807, 2.05) is 37.4 Å². The zero-order valence-electron chi connectivity index (χ0n) is 13.3. The van der Waals surface area contributed by atoms with Crippen LogP contribution in [0.15, 0.2) is 22.7 Å². The largest absolute Gasteiger partial charge is 0.443 e.